The summed E-state index contributed by atoms with van der Waals surface area (Å²) in [6.07, 6.45) is 6.37. The van der Waals surface area contributed by atoms with Gasteiger partial charge in [-0.1, -0.05) is 6.42 Å². The van der Waals surface area contributed by atoms with Gasteiger partial charge in [0.05, 0.1) is 12.0 Å². The lowest BCUT2D eigenvalue weighted by Crippen LogP contribution is -2.54. The highest BCUT2D eigenvalue weighted by atomic mass is 35.5. The highest BCUT2D eigenvalue weighted by Crippen LogP contribution is 2.38. The van der Waals surface area contributed by atoms with Crippen LogP contribution in [0.3, 0.4) is 0 Å². The quantitative estimate of drug-likeness (QED) is 0.674. The first-order valence-electron chi connectivity index (χ1n) is 9.52. The van der Waals surface area contributed by atoms with Gasteiger partial charge in [-0.15, -0.1) is 12.4 Å². The maximum atomic E-state index is 13.4. The van der Waals surface area contributed by atoms with Crippen LogP contribution in [0.25, 0.3) is 0 Å². The highest BCUT2D eigenvalue weighted by molar-refractivity contribution is 5.91. The van der Waals surface area contributed by atoms with Crippen LogP contribution in [0.2, 0.25) is 0 Å². The molecule has 3 heterocycles. The van der Waals surface area contributed by atoms with Gasteiger partial charge >= 0.3 is 0 Å². The molecule has 25 heavy (non-hydrogen) atoms. The number of piperidine rings is 1. The number of halogens is 1. The average molecular weight is 374 g/mol. The molecule has 0 aromatic rings. The van der Waals surface area contributed by atoms with Gasteiger partial charge in [0.1, 0.15) is 6.04 Å². The Kier molecular flexibility index (Phi) is 7.52. The van der Waals surface area contributed by atoms with Crippen molar-refractivity contribution in [2.45, 2.75) is 64.0 Å². The maximum absolute atomic E-state index is 13.4. The average Bonchev–Trinajstić information content (AvgIpc) is 3.07. The van der Waals surface area contributed by atoms with Gasteiger partial charge in [0, 0.05) is 19.2 Å². The number of amides is 2. The second-order valence-corrected chi connectivity index (χ2v) is 7.63. The van der Waals surface area contributed by atoms with E-state index in [4.69, 9.17) is 4.74 Å². The minimum atomic E-state index is -0.299. The molecule has 3 fully saturated rings. The Hall–Kier alpha value is -0.850. The third kappa shape index (κ3) is 4.66. The Morgan fingerprint density at radius 3 is 2.64 bits per heavy atom. The first-order valence-corrected chi connectivity index (χ1v) is 9.52. The molecule has 3 saturated heterocycles. The standard InChI is InChI=1S/C18H31N3O3.ClH/c1-14-13-24-12-3-2-6-18(7-9-19-10-8-18)17(23)21-11-4-5-15(21)16(22)20-14;/h14-15,19H,2-13H2,1H3,(H,20,22);1H/t14-,15+;/m1./s1. The first-order chi connectivity index (χ1) is 11.6. The van der Waals surface area contributed by atoms with E-state index < -0.39 is 0 Å². The van der Waals surface area contributed by atoms with Gasteiger partial charge < -0.3 is 20.3 Å². The number of carbonyl (C=O) groups excluding carboxylic acids is 2. The molecule has 2 amide bonds. The van der Waals surface area contributed by atoms with Crippen LogP contribution in [-0.2, 0) is 14.3 Å². The molecule has 0 aliphatic carbocycles. The van der Waals surface area contributed by atoms with Crippen LogP contribution >= 0.6 is 12.4 Å². The molecule has 0 unspecified atom stereocenters. The van der Waals surface area contributed by atoms with E-state index >= 15 is 0 Å². The second kappa shape index (κ2) is 9.19. The van der Waals surface area contributed by atoms with Crippen molar-refractivity contribution >= 4 is 24.2 Å². The molecule has 7 heteroatoms. The van der Waals surface area contributed by atoms with Crippen molar-refractivity contribution in [2.24, 2.45) is 5.41 Å². The molecular formula is C18H32ClN3O3. The van der Waals surface area contributed by atoms with Crippen LogP contribution in [0.4, 0.5) is 0 Å². The number of ether oxygens (including phenoxy) is 1. The van der Waals surface area contributed by atoms with Gasteiger partial charge in [0.2, 0.25) is 11.8 Å². The van der Waals surface area contributed by atoms with E-state index in [9.17, 15) is 9.59 Å². The Bertz CT molecular complexity index is 468. The van der Waals surface area contributed by atoms with E-state index in [0.717, 1.165) is 64.6 Å². The van der Waals surface area contributed by atoms with E-state index in [2.05, 4.69) is 10.6 Å². The Morgan fingerprint density at radius 1 is 1.12 bits per heavy atom. The molecule has 3 aliphatic heterocycles. The van der Waals surface area contributed by atoms with Gasteiger partial charge in [-0.2, -0.15) is 0 Å². The molecule has 3 rings (SSSR count). The van der Waals surface area contributed by atoms with Crippen molar-refractivity contribution in [3.8, 4) is 0 Å². The lowest BCUT2D eigenvalue weighted by atomic mass is 9.73. The molecule has 0 saturated carbocycles. The fourth-order valence-electron chi connectivity index (χ4n) is 4.37. The summed E-state index contributed by atoms with van der Waals surface area (Å²) in [6.45, 7) is 5.72. The smallest absolute Gasteiger partial charge is 0.243 e. The molecule has 6 nitrogen and oxygen atoms in total. The monoisotopic (exact) mass is 373 g/mol. The lowest BCUT2D eigenvalue weighted by molar-refractivity contribution is -0.149. The zero-order valence-corrected chi connectivity index (χ0v) is 16.0. The van der Waals surface area contributed by atoms with Crippen LogP contribution in [0.15, 0.2) is 0 Å². The molecular weight excluding hydrogens is 342 g/mol. The number of carbonyl (C=O) groups is 2. The maximum Gasteiger partial charge on any atom is 0.243 e. The molecule has 0 bridgehead atoms. The third-order valence-electron chi connectivity index (χ3n) is 5.78. The molecule has 3 aliphatic rings. The normalized spacial score (nSPS) is 31.2. The highest BCUT2D eigenvalue weighted by Gasteiger charge is 2.46. The largest absolute Gasteiger partial charge is 0.379 e. The number of hydrogen-bond acceptors (Lipinski definition) is 4. The summed E-state index contributed by atoms with van der Waals surface area (Å²) in [7, 11) is 0. The van der Waals surface area contributed by atoms with E-state index in [-0.39, 0.29) is 41.7 Å². The van der Waals surface area contributed by atoms with Gasteiger partial charge in [0.25, 0.3) is 0 Å². The molecule has 0 aromatic carbocycles. The number of rotatable bonds is 0. The van der Waals surface area contributed by atoms with Crippen LogP contribution in [0.1, 0.15) is 51.9 Å². The Labute approximate surface area is 156 Å². The minimum Gasteiger partial charge on any atom is -0.379 e. The topological polar surface area (TPSA) is 70.7 Å². The van der Waals surface area contributed by atoms with E-state index in [0.29, 0.717) is 13.2 Å². The van der Waals surface area contributed by atoms with Crippen molar-refractivity contribution in [2.75, 3.05) is 32.8 Å². The van der Waals surface area contributed by atoms with Crippen molar-refractivity contribution in [3.05, 3.63) is 0 Å². The SMILES string of the molecule is C[C@@H]1COCCCCC2(CCNCC2)C(=O)N2CCC[C@H]2C(=O)N1.Cl. The first kappa shape index (κ1) is 20.5. The van der Waals surface area contributed by atoms with Crippen LogP contribution in [0, 0.1) is 5.41 Å². The summed E-state index contributed by atoms with van der Waals surface area (Å²) in [4.78, 5) is 28.0. The van der Waals surface area contributed by atoms with Gasteiger partial charge in [-0.05, 0) is 58.5 Å². The van der Waals surface area contributed by atoms with Crippen LogP contribution in [0.5, 0.6) is 0 Å². The van der Waals surface area contributed by atoms with Crippen LogP contribution in [-0.4, -0.2) is 61.6 Å². The summed E-state index contributed by atoms with van der Waals surface area (Å²) in [5.74, 6) is 0.203. The fraction of sp³-hybridized carbons (Fsp3) is 0.889. The van der Waals surface area contributed by atoms with Gasteiger partial charge in [-0.25, -0.2) is 0 Å². The number of nitrogens with one attached hydrogen (secondary N) is 2. The lowest BCUT2D eigenvalue weighted by Gasteiger charge is -2.40. The molecule has 1 spiro atoms. The fourth-order valence-corrected chi connectivity index (χ4v) is 4.37. The summed E-state index contributed by atoms with van der Waals surface area (Å²) in [5, 5.41) is 6.40. The van der Waals surface area contributed by atoms with Crippen molar-refractivity contribution in [3.63, 3.8) is 0 Å². The summed E-state index contributed by atoms with van der Waals surface area (Å²) in [6, 6.07) is -0.309. The molecule has 2 atom stereocenters. The third-order valence-corrected chi connectivity index (χ3v) is 5.78. The van der Waals surface area contributed by atoms with Gasteiger partial charge in [-0.3, -0.25) is 9.59 Å². The van der Waals surface area contributed by atoms with E-state index in [1.54, 1.807) is 0 Å². The molecule has 144 valence electrons. The number of fused-ring (bicyclic) bond motifs is 1. The number of nitrogens with zero attached hydrogens (tertiary/aromatic N) is 1. The molecule has 2 N–H and O–H groups in total. The minimum absolute atomic E-state index is 0. The summed E-state index contributed by atoms with van der Waals surface area (Å²) >= 11 is 0. The molecule has 0 radical (unpaired) electrons. The zero-order valence-electron chi connectivity index (χ0n) is 15.2. The Balaban J connectivity index is 0.00000225. The molecule has 0 aromatic heterocycles. The van der Waals surface area contributed by atoms with E-state index in [1.165, 1.54) is 0 Å². The summed E-state index contributed by atoms with van der Waals surface area (Å²) < 4.78 is 5.70. The van der Waals surface area contributed by atoms with Crippen molar-refractivity contribution in [1.29, 1.82) is 0 Å². The van der Waals surface area contributed by atoms with Crippen molar-refractivity contribution < 1.29 is 14.3 Å². The summed E-state index contributed by atoms with van der Waals surface area (Å²) in [5.41, 5.74) is -0.284. The Morgan fingerprint density at radius 2 is 1.88 bits per heavy atom. The van der Waals surface area contributed by atoms with Crippen LogP contribution < -0.4 is 10.6 Å². The predicted octanol–water partition coefficient (Wildman–Crippen LogP) is 1.47. The predicted molar refractivity (Wildman–Crippen MR) is 98.8 cm³/mol. The number of hydrogen-bond donors (Lipinski definition) is 2. The van der Waals surface area contributed by atoms with Gasteiger partial charge in [0.15, 0.2) is 0 Å². The van der Waals surface area contributed by atoms with Crippen molar-refractivity contribution in [1.82, 2.24) is 15.5 Å². The zero-order chi connectivity index (χ0) is 17.0. The van der Waals surface area contributed by atoms with E-state index in [1.807, 2.05) is 11.8 Å². The second-order valence-electron chi connectivity index (χ2n) is 7.63.